The van der Waals surface area contributed by atoms with E-state index in [-0.39, 0.29) is 17.9 Å². The lowest BCUT2D eigenvalue weighted by molar-refractivity contribution is -0.134. The molecular weight excluding hydrogens is 388 g/mol. The molecule has 6 nitrogen and oxygen atoms in total. The van der Waals surface area contributed by atoms with Crippen LogP contribution in [-0.2, 0) is 17.9 Å². The molecular formula is C25H32N4O2. The Morgan fingerprint density at radius 2 is 1.84 bits per heavy atom. The summed E-state index contributed by atoms with van der Waals surface area (Å²) in [5, 5.41) is 8.00. The second-order valence-corrected chi connectivity index (χ2v) is 9.85. The highest BCUT2D eigenvalue weighted by molar-refractivity contribution is 5.99. The van der Waals surface area contributed by atoms with Gasteiger partial charge in [-0.3, -0.25) is 14.3 Å². The van der Waals surface area contributed by atoms with Gasteiger partial charge in [0.05, 0.1) is 12.2 Å². The molecule has 3 aliphatic rings. The lowest BCUT2D eigenvalue weighted by atomic mass is 9.91. The van der Waals surface area contributed by atoms with Gasteiger partial charge < -0.3 is 10.2 Å². The fraction of sp³-hybridized carbons (Fsp3) is 0.560. The molecule has 2 heterocycles. The van der Waals surface area contributed by atoms with Gasteiger partial charge in [-0.05, 0) is 51.2 Å². The normalized spacial score (nSPS) is 24.2. The lowest BCUT2D eigenvalue weighted by Crippen LogP contribution is -2.64. The highest BCUT2D eigenvalue weighted by Gasteiger charge is 2.48. The molecule has 5 rings (SSSR count). The zero-order chi connectivity index (χ0) is 21.6. The van der Waals surface area contributed by atoms with Crippen LogP contribution in [-0.4, -0.2) is 38.1 Å². The van der Waals surface area contributed by atoms with Crippen LogP contribution in [0.25, 0.3) is 0 Å². The van der Waals surface area contributed by atoms with E-state index in [1.165, 1.54) is 12.0 Å². The Morgan fingerprint density at radius 1 is 1.13 bits per heavy atom. The van der Waals surface area contributed by atoms with Gasteiger partial charge in [-0.25, -0.2) is 0 Å². The van der Waals surface area contributed by atoms with E-state index in [1.54, 1.807) is 9.58 Å². The van der Waals surface area contributed by atoms with Crippen LogP contribution in [0.2, 0.25) is 0 Å². The van der Waals surface area contributed by atoms with Crippen LogP contribution >= 0.6 is 0 Å². The maximum Gasteiger partial charge on any atom is 0.273 e. The van der Waals surface area contributed by atoms with Gasteiger partial charge in [-0.2, -0.15) is 5.10 Å². The van der Waals surface area contributed by atoms with Crippen molar-refractivity contribution in [1.82, 2.24) is 20.0 Å². The third-order valence-electron chi connectivity index (χ3n) is 7.20. The van der Waals surface area contributed by atoms with Crippen molar-refractivity contribution >= 4 is 11.8 Å². The van der Waals surface area contributed by atoms with Gasteiger partial charge in [-0.15, -0.1) is 0 Å². The molecule has 1 atom stereocenters. The van der Waals surface area contributed by atoms with Gasteiger partial charge in [0, 0.05) is 18.5 Å². The zero-order valence-electron chi connectivity index (χ0n) is 18.6. The van der Waals surface area contributed by atoms with Gasteiger partial charge in [0.1, 0.15) is 11.2 Å². The van der Waals surface area contributed by atoms with Crippen molar-refractivity contribution in [2.45, 2.75) is 89.4 Å². The molecule has 6 heteroatoms. The number of benzene rings is 1. The maximum absolute atomic E-state index is 13.6. The number of amides is 2. The molecule has 1 aliphatic heterocycles. The number of nitrogens with zero attached hydrogens (tertiary/aromatic N) is 3. The Morgan fingerprint density at radius 3 is 2.52 bits per heavy atom. The van der Waals surface area contributed by atoms with E-state index in [4.69, 9.17) is 5.10 Å². The Kier molecular flexibility index (Phi) is 5.11. The van der Waals surface area contributed by atoms with E-state index in [0.29, 0.717) is 24.7 Å². The van der Waals surface area contributed by atoms with Crippen molar-refractivity contribution in [3.8, 4) is 0 Å². The first-order chi connectivity index (χ1) is 14.9. The van der Waals surface area contributed by atoms with E-state index in [1.807, 2.05) is 25.1 Å². The minimum atomic E-state index is -0.973. The minimum Gasteiger partial charge on any atom is -0.351 e. The lowest BCUT2D eigenvalue weighted by Gasteiger charge is -2.44. The molecule has 164 valence electrons. The van der Waals surface area contributed by atoms with Gasteiger partial charge in [0.2, 0.25) is 5.91 Å². The first kappa shape index (κ1) is 20.3. The summed E-state index contributed by atoms with van der Waals surface area (Å²) in [6, 6.07) is 10.3. The fourth-order valence-electron chi connectivity index (χ4n) is 4.95. The van der Waals surface area contributed by atoms with Gasteiger partial charge in [-0.1, -0.05) is 49.1 Å². The quantitative estimate of drug-likeness (QED) is 0.797. The Bertz CT molecular complexity index is 985. The summed E-state index contributed by atoms with van der Waals surface area (Å²) in [7, 11) is 0. The molecule has 1 aromatic carbocycles. The molecule has 1 unspecified atom stereocenters. The molecule has 1 N–H and O–H groups in total. The average molecular weight is 421 g/mol. The Labute approximate surface area is 184 Å². The number of hydrogen-bond acceptors (Lipinski definition) is 3. The molecule has 0 spiro atoms. The van der Waals surface area contributed by atoms with Gasteiger partial charge >= 0.3 is 0 Å². The summed E-state index contributed by atoms with van der Waals surface area (Å²) in [6.07, 6.45) is 7.86. The number of rotatable bonds is 5. The SMILES string of the molecule is Cc1ccc(CN2C(=O)c3cc(C4CC4)nn3CC2(C)C(=O)NC2CCCCC2)cc1. The van der Waals surface area contributed by atoms with E-state index >= 15 is 0 Å². The third kappa shape index (κ3) is 3.88. The van der Waals surface area contributed by atoms with Crippen LogP contribution in [0, 0.1) is 6.92 Å². The Balaban J connectivity index is 1.47. The van der Waals surface area contributed by atoms with Crippen molar-refractivity contribution in [2.75, 3.05) is 0 Å². The maximum atomic E-state index is 13.6. The van der Waals surface area contributed by atoms with Crippen LogP contribution < -0.4 is 5.32 Å². The molecule has 31 heavy (non-hydrogen) atoms. The first-order valence-electron chi connectivity index (χ1n) is 11.7. The number of fused-ring (bicyclic) bond motifs is 1. The number of nitrogens with one attached hydrogen (secondary N) is 1. The van der Waals surface area contributed by atoms with E-state index < -0.39 is 5.54 Å². The Hall–Kier alpha value is -2.63. The predicted octanol–water partition coefficient (Wildman–Crippen LogP) is 3.93. The number of aromatic nitrogens is 2. The van der Waals surface area contributed by atoms with Crippen LogP contribution in [0.1, 0.15) is 85.1 Å². The third-order valence-corrected chi connectivity index (χ3v) is 7.20. The summed E-state index contributed by atoms with van der Waals surface area (Å²) in [6.45, 7) is 4.76. The first-order valence-corrected chi connectivity index (χ1v) is 11.7. The molecule has 0 bridgehead atoms. The fourth-order valence-corrected chi connectivity index (χ4v) is 4.95. The van der Waals surface area contributed by atoms with E-state index in [0.717, 1.165) is 49.8 Å². The summed E-state index contributed by atoms with van der Waals surface area (Å²) >= 11 is 0. The largest absolute Gasteiger partial charge is 0.351 e. The second-order valence-electron chi connectivity index (χ2n) is 9.85. The van der Waals surface area contributed by atoms with E-state index in [2.05, 4.69) is 24.4 Å². The number of carbonyl (C=O) groups is 2. The van der Waals surface area contributed by atoms with Crippen molar-refractivity contribution in [3.63, 3.8) is 0 Å². The number of hydrogen-bond donors (Lipinski definition) is 1. The number of aryl methyl sites for hydroxylation is 1. The van der Waals surface area contributed by atoms with Crippen LogP contribution in [0.4, 0.5) is 0 Å². The van der Waals surface area contributed by atoms with Crippen LogP contribution in [0.5, 0.6) is 0 Å². The standard InChI is InChI=1S/C25H32N4O2/c1-17-8-10-18(11-9-17)15-28-23(30)22-14-21(19-12-13-19)27-29(22)16-25(28,2)24(31)26-20-6-4-3-5-7-20/h8-11,14,19-20H,3-7,12-13,15-16H2,1-2H3,(H,26,31). The molecule has 0 saturated heterocycles. The molecule has 2 aliphatic carbocycles. The highest BCUT2D eigenvalue weighted by Crippen LogP contribution is 2.40. The van der Waals surface area contributed by atoms with Crippen molar-refractivity contribution in [2.24, 2.45) is 0 Å². The summed E-state index contributed by atoms with van der Waals surface area (Å²) in [5.74, 6) is 0.306. The molecule has 2 fully saturated rings. The topological polar surface area (TPSA) is 67.2 Å². The van der Waals surface area contributed by atoms with Crippen molar-refractivity contribution in [3.05, 3.63) is 52.8 Å². The molecule has 0 radical (unpaired) electrons. The van der Waals surface area contributed by atoms with Gasteiger partial charge in [0.15, 0.2) is 0 Å². The van der Waals surface area contributed by atoms with Crippen LogP contribution in [0.15, 0.2) is 30.3 Å². The summed E-state index contributed by atoms with van der Waals surface area (Å²) in [5.41, 5.74) is 2.84. The van der Waals surface area contributed by atoms with E-state index in [9.17, 15) is 9.59 Å². The van der Waals surface area contributed by atoms with Crippen LogP contribution in [0.3, 0.4) is 0 Å². The predicted molar refractivity (Wildman–Crippen MR) is 119 cm³/mol. The van der Waals surface area contributed by atoms with Crippen molar-refractivity contribution in [1.29, 1.82) is 0 Å². The summed E-state index contributed by atoms with van der Waals surface area (Å²) < 4.78 is 1.78. The average Bonchev–Trinajstić information content (AvgIpc) is 3.53. The highest BCUT2D eigenvalue weighted by atomic mass is 16.2. The zero-order valence-corrected chi connectivity index (χ0v) is 18.6. The van der Waals surface area contributed by atoms with Gasteiger partial charge in [0.25, 0.3) is 5.91 Å². The molecule has 2 amide bonds. The number of carbonyl (C=O) groups excluding carboxylic acids is 2. The molecule has 1 aromatic heterocycles. The van der Waals surface area contributed by atoms with Crippen molar-refractivity contribution < 1.29 is 9.59 Å². The summed E-state index contributed by atoms with van der Waals surface area (Å²) in [4.78, 5) is 29.0. The monoisotopic (exact) mass is 420 g/mol. The minimum absolute atomic E-state index is 0.0611. The molecule has 2 aromatic rings. The second kappa shape index (κ2) is 7.81. The molecule has 2 saturated carbocycles. The smallest absolute Gasteiger partial charge is 0.273 e.